The van der Waals surface area contributed by atoms with Crippen molar-refractivity contribution in [2.24, 2.45) is 0 Å². The van der Waals surface area contributed by atoms with E-state index in [-0.39, 0.29) is 16.3 Å². The van der Waals surface area contributed by atoms with Crippen LogP contribution in [0, 0.1) is 6.92 Å². The molecule has 0 spiro atoms. The summed E-state index contributed by atoms with van der Waals surface area (Å²) in [5.41, 5.74) is 1.07. The van der Waals surface area contributed by atoms with E-state index in [1.165, 1.54) is 42.1 Å². The molecule has 2 aromatic rings. The summed E-state index contributed by atoms with van der Waals surface area (Å²) in [5, 5.41) is 13.0. The third kappa shape index (κ3) is 6.14. The molecule has 2 aromatic carbocycles. The van der Waals surface area contributed by atoms with Gasteiger partial charge in [-0.05, 0) is 67.3 Å². The SMILES string of the molecule is CSCC[C@H](NS(=O)(=O)c1ccc(Cl)cc1)C(=O)Nc1ccc(C)cc1O. The molecule has 6 nitrogen and oxygen atoms in total. The summed E-state index contributed by atoms with van der Waals surface area (Å²) in [6.45, 7) is 1.81. The van der Waals surface area contributed by atoms with Gasteiger partial charge in [0.15, 0.2) is 0 Å². The highest BCUT2D eigenvalue weighted by atomic mass is 35.5. The number of hydrogen-bond donors (Lipinski definition) is 3. The molecule has 0 saturated heterocycles. The summed E-state index contributed by atoms with van der Waals surface area (Å²) < 4.78 is 27.6. The maximum atomic E-state index is 12.6. The monoisotopic (exact) mass is 428 g/mol. The first-order chi connectivity index (χ1) is 12.7. The highest BCUT2D eigenvalue weighted by Crippen LogP contribution is 2.24. The van der Waals surface area contributed by atoms with Crippen LogP contribution in [0.4, 0.5) is 5.69 Å². The normalized spacial score (nSPS) is 12.6. The quantitative estimate of drug-likeness (QED) is 0.560. The summed E-state index contributed by atoms with van der Waals surface area (Å²) in [6.07, 6.45) is 2.17. The Balaban J connectivity index is 2.20. The molecule has 0 saturated carbocycles. The van der Waals surface area contributed by atoms with Crippen molar-refractivity contribution in [3.63, 3.8) is 0 Å². The van der Waals surface area contributed by atoms with Crippen LogP contribution in [0.3, 0.4) is 0 Å². The molecule has 0 heterocycles. The molecule has 0 fully saturated rings. The number of aromatic hydroxyl groups is 1. The van der Waals surface area contributed by atoms with Crippen LogP contribution in [-0.2, 0) is 14.8 Å². The Morgan fingerprint density at radius 3 is 2.48 bits per heavy atom. The van der Waals surface area contributed by atoms with Crippen LogP contribution in [0.15, 0.2) is 47.4 Å². The van der Waals surface area contributed by atoms with Gasteiger partial charge in [-0.25, -0.2) is 8.42 Å². The molecule has 0 bridgehead atoms. The van der Waals surface area contributed by atoms with Crippen LogP contribution >= 0.6 is 23.4 Å². The van der Waals surface area contributed by atoms with E-state index in [1.54, 1.807) is 12.1 Å². The molecule has 1 amide bonds. The average Bonchev–Trinajstić information content (AvgIpc) is 2.61. The Hall–Kier alpha value is -1.74. The lowest BCUT2D eigenvalue weighted by Gasteiger charge is -2.19. The number of nitrogens with one attached hydrogen (secondary N) is 2. The van der Waals surface area contributed by atoms with Crippen molar-refractivity contribution in [3.05, 3.63) is 53.1 Å². The molecule has 0 radical (unpaired) electrons. The lowest BCUT2D eigenvalue weighted by molar-refractivity contribution is -0.117. The first kappa shape index (κ1) is 21.6. The number of carbonyl (C=O) groups is 1. The fourth-order valence-corrected chi connectivity index (χ4v) is 4.14. The third-order valence-electron chi connectivity index (χ3n) is 3.76. The fraction of sp³-hybridized carbons (Fsp3) is 0.278. The van der Waals surface area contributed by atoms with Crippen molar-refractivity contribution in [3.8, 4) is 5.75 Å². The summed E-state index contributed by atoms with van der Waals surface area (Å²) in [7, 11) is -3.90. The van der Waals surface area contributed by atoms with Crippen molar-refractivity contribution >= 4 is 45.0 Å². The number of rotatable bonds is 8. The van der Waals surface area contributed by atoms with E-state index in [4.69, 9.17) is 11.6 Å². The lowest BCUT2D eigenvalue weighted by atomic mass is 10.2. The van der Waals surface area contributed by atoms with Gasteiger partial charge in [-0.3, -0.25) is 4.79 Å². The van der Waals surface area contributed by atoms with Gasteiger partial charge in [0.1, 0.15) is 11.8 Å². The lowest BCUT2D eigenvalue weighted by Crippen LogP contribution is -2.44. The summed E-state index contributed by atoms with van der Waals surface area (Å²) >= 11 is 7.30. The van der Waals surface area contributed by atoms with E-state index < -0.39 is 22.0 Å². The first-order valence-corrected chi connectivity index (χ1v) is 11.4. The minimum Gasteiger partial charge on any atom is -0.506 e. The Labute approximate surface area is 168 Å². The Morgan fingerprint density at radius 1 is 1.22 bits per heavy atom. The van der Waals surface area contributed by atoms with Gasteiger partial charge in [-0.1, -0.05) is 17.7 Å². The van der Waals surface area contributed by atoms with E-state index in [2.05, 4.69) is 10.0 Å². The van der Waals surface area contributed by atoms with Crippen LogP contribution in [0.1, 0.15) is 12.0 Å². The van der Waals surface area contributed by atoms with E-state index in [1.807, 2.05) is 13.2 Å². The smallest absolute Gasteiger partial charge is 0.242 e. The molecule has 0 aliphatic rings. The van der Waals surface area contributed by atoms with Crippen LogP contribution in [0.5, 0.6) is 5.75 Å². The molecule has 27 heavy (non-hydrogen) atoms. The molecular formula is C18H21ClN2O4S2. The van der Waals surface area contributed by atoms with Crippen molar-refractivity contribution in [1.82, 2.24) is 4.72 Å². The number of benzene rings is 2. The highest BCUT2D eigenvalue weighted by molar-refractivity contribution is 7.98. The van der Waals surface area contributed by atoms with Crippen molar-refractivity contribution in [2.75, 3.05) is 17.3 Å². The van der Waals surface area contributed by atoms with Gasteiger partial charge in [0.2, 0.25) is 15.9 Å². The number of aryl methyl sites for hydroxylation is 1. The van der Waals surface area contributed by atoms with E-state index in [0.29, 0.717) is 17.2 Å². The van der Waals surface area contributed by atoms with Gasteiger partial charge in [0.25, 0.3) is 0 Å². The van der Waals surface area contributed by atoms with Gasteiger partial charge in [-0.2, -0.15) is 16.5 Å². The molecule has 3 N–H and O–H groups in total. The Kier molecular flexibility index (Phi) is 7.55. The minimum atomic E-state index is -3.90. The van der Waals surface area contributed by atoms with Gasteiger partial charge < -0.3 is 10.4 Å². The maximum Gasteiger partial charge on any atom is 0.242 e. The predicted octanol–water partition coefficient (Wildman–Crippen LogP) is 3.39. The molecule has 0 aliphatic carbocycles. The molecule has 9 heteroatoms. The number of amides is 1. The van der Waals surface area contributed by atoms with Gasteiger partial charge >= 0.3 is 0 Å². The second kappa shape index (κ2) is 9.45. The topological polar surface area (TPSA) is 95.5 Å². The maximum absolute atomic E-state index is 12.6. The van der Waals surface area contributed by atoms with Crippen molar-refractivity contribution in [1.29, 1.82) is 0 Å². The number of phenols is 1. The molecule has 1 atom stereocenters. The Morgan fingerprint density at radius 2 is 1.89 bits per heavy atom. The number of sulfonamides is 1. The first-order valence-electron chi connectivity index (χ1n) is 8.10. The summed E-state index contributed by atoms with van der Waals surface area (Å²) in [4.78, 5) is 12.7. The molecule has 0 aromatic heterocycles. The zero-order valence-electron chi connectivity index (χ0n) is 14.9. The largest absolute Gasteiger partial charge is 0.506 e. The number of hydrogen-bond acceptors (Lipinski definition) is 5. The molecule has 0 unspecified atom stereocenters. The third-order valence-corrected chi connectivity index (χ3v) is 6.14. The predicted molar refractivity (Wildman–Crippen MR) is 110 cm³/mol. The number of phenolic OH excluding ortho intramolecular Hbond substituents is 1. The van der Waals surface area contributed by atoms with E-state index in [0.717, 1.165) is 5.56 Å². The second-order valence-corrected chi connectivity index (χ2v) is 9.06. The van der Waals surface area contributed by atoms with Crippen LogP contribution in [-0.4, -0.2) is 37.5 Å². The van der Waals surface area contributed by atoms with Crippen LogP contribution in [0.2, 0.25) is 5.02 Å². The van der Waals surface area contributed by atoms with Crippen LogP contribution < -0.4 is 10.0 Å². The molecule has 146 valence electrons. The summed E-state index contributed by atoms with van der Waals surface area (Å²) in [5.74, 6) is -0.0329. The fourth-order valence-electron chi connectivity index (χ4n) is 2.32. The number of halogens is 1. The van der Waals surface area contributed by atoms with Gasteiger partial charge in [0, 0.05) is 5.02 Å². The molecule has 2 rings (SSSR count). The average molecular weight is 429 g/mol. The molecule has 0 aliphatic heterocycles. The number of carbonyl (C=O) groups excluding carboxylic acids is 1. The van der Waals surface area contributed by atoms with E-state index >= 15 is 0 Å². The minimum absolute atomic E-state index is 0.0204. The standard InChI is InChI=1S/C18H21ClN2O4S2/c1-12-3-8-15(17(22)11-12)20-18(23)16(9-10-26-2)21-27(24,25)14-6-4-13(19)5-7-14/h3-8,11,16,21-22H,9-10H2,1-2H3,(H,20,23)/t16-/m0/s1. The number of anilines is 1. The number of thioether (sulfide) groups is 1. The van der Waals surface area contributed by atoms with Gasteiger partial charge in [0.05, 0.1) is 10.6 Å². The zero-order valence-corrected chi connectivity index (χ0v) is 17.3. The van der Waals surface area contributed by atoms with Crippen molar-refractivity contribution < 1.29 is 18.3 Å². The molecular weight excluding hydrogens is 408 g/mol. The van der Waals surface area contributed by atoms with Crippen LogP contribution in [0.25, 0.3) is 0 Å². The van der Waals surface area contributed by atoms with Crippen molar-refractivity contribution in [2.45, 2.75) is 24.3 Å². The van der Waals surface area contributed by atoms with E-state index in [9.17, 15) is 18.3 Å². The summed E-state index contributed by atoms with van der Waals surface area (Å²) in [6, 6.07) is 9.53. The second-order valence-electron chi connectivity index (χ2n) is 5.92. The highest BCUT2D eigenvalue weighted by Gasteiger charge is 2.26. The van der Waals surface area contributed by atoms with Gasteiger partial charge in [-0.15, -0.1) is 0 Å². The Bertz CT molecular complexity index is 902. The zero-order chi connectivity index (χ0) is 20.0.